The van der Waals surface area contributed by atoms with Crippen LogP contribution in [0.3, 0.4) is 0 Å². The summed E-state index contributed by atoms with van der Waals surface area (Å²) in [5.41, 5.74) is 3.30. The Balaban J connectivity index is 2.15. The first-order chi connectivity index (χ1) is 9.35. The fraction of sp³-hybridized carbons (Fsp3) is 0.500. The SMILES string of the molecule is CCCNCc1cncc(-c2cnnn2CCC)c1. The molecular weight excluding hydrogens is 238 g/mol. The average molecular weight is 259 g/mol. The highest BCUT2D eigenvalue weighted by molar-refractivity contribution is 5.57. The van der Waals surface area contributed by atoms with Gasteiger partial charge in [0, 0.05) is 31.0 Å². The molecule has 5 nitrogen and oxygen atoms in total. The number of rotatable bonds is 7. The normalized spacial score (nSPS) is 10.8. The summed E-state index contributed by atoms with van der Waals surface area (Å²) in [5, 5.41) is 11.5. The zero-order valence-corrected chi connectivity index (χ0v) is 11.6. The molecule has 0 saturated heterocycles. The van der Waals surface area contributed by atoms with Crippen LogP contribution in [0.5, 0.6) is 0 Å². The van der Waals surface area contributed by atoms with Crippen molar-refractivity contribution in [1.29, 1.82) is 0 Å². The number of nitrogens with zero attached hydrogens (tertiary/aromatic N) is 4. The van der Waals surface area contributed by atoms with Crippen molar-refractivity contribution in [2.45, 2.75) is 39.8 Å². The van der Waals surface area contributed by atoms with Gasteiger partial charge in [0.25, 0.3) is 0 Å². The minimum absolute atomic E-state index is 0.851. The van der Waals surface area contributed by atoms with Gasteiger partial charge in [-0.2, -0.15) is 0 Å². The van der Waals surface area contributed by atoms with Gasteiger partial charge in [0.1, 0.15) is 0 Å². The van der Waals surface area contributed by atoms with Crippen LogP contribution in [0, 0.1) is 0 Å². The summed E-state index contributed by atoms with van der Waals surface area (Å²) in [7, 11) is 0. The van der Waals surface area contributed by atoms with E-state index in [2.05, 4.69) is 40.5 Å². The van der Waals surface area contributed by atoms with Crippen molar-refractivity contribution in [3.8, 4) is 11.3 Å². The Bertz CT molecular complexity index is 506. The highest BCUT2D eigenvalue weighted by atomic mass is 15.4. The van der Waals surface area contributed by atoms with E-state index in [9.17, 15) is 0 Å². The molecule has 0 fully saturated rings. The molecule has 2 heterocycles. The molecular formula is C14H21N5. The van der Waals surface area contributed by atoms with E-state index in [1.807, 2.05) is 17.1 Å². The van der Waals surface area contributed by atoms with E-state index < -0.39 is 0 Å². The third-order valence-corrected chi connectivity index (χ3v) is 2.90. The van der Waals surface area contributed by atoms with Crippen LogP contribution in [0.25, 0.3) is 11.3 Å². The number of aromatic nitrogens is 4. The molecule has 1 N–H and O–H groups in total. The number of hydrogen-bond donors (Lipinski definition) is 1. The largest absolute Gasteiger partial charge is 0.313 e. The Morgan fingerprint density at radius 1 is 1.16 bits per heavy atom. The lowest BCUT2D eigenvalue weighted by Gasteiger charge is -2.07. The molecule has 2 aromatic heterocycles. The van der Waals surface area contributed by atoms with Crippen LogP contribution >= 0.6 is 0 Å². The number of pyridine rings is 1. The van der Waals surface area contributed by atoms with Crippen LogP contribution in [-0.2, 0) is 13.1 Å². The minimum atomic E-state index is 0.851. The standard InChI is InChI=1S/C14H21N5/c1-3-5-15-8-12-7-13(10-16-9-12)14-11-17-18-19(14)6-4-2/h7,9-11,15H,3-6,8H2,1-2H3. The van der Waals surface area contributed by atoms with Gasteiger partial charge in [-0.3, -0.25) is 4.98 Å². The van der Waals surface area contributed by atoms with E-state index in [1.165, 1.54) is 5.56 Å². The molecule has 0 radical (unpaired) electrons. The van der Waals surface area contributed by atoms with E-state index in [0.29, 0.717) is 0 Å². The van der Waals surface area contributed by atoms with Gasteiger partial charge in [-0.1, -0.05) is 19.1 Å². The minimum Gasteiger partial charge on any atom is -0.313 e. The fourth-order valence-electron chi connectivity index (χ4n) is 1.99. The monoisotopic (exact) mass is 259 g/mol. The van der Waals surface area contributed by atoms with Crippen molar-refractivity contribution in [3.05, 3.63) is 30.2 Å². The van der Waals surface area contributed by atoms with E-state index in [-0.39, 0.29) is 0 Å². The maximum atomic E-state index is 4.31. The van der Waals surface area contributed by atoms with Crippen LogP contribution in [-0.4, -0.2) is 26.5 Å². The second kappa shape index (κ2) is 6.99. The maximum Gasteiger partial charge on any atom is 0.0901 e. The van der Waals surface area contributed by atoms with Gasteiger partial charge >= 0.3 is 0 Å². The molecule has 102 valence electrons. The van der Waals surface area contributed by atoms with Gasteiger partial charge < -0.3 is 5.32 Å². The molecule has 2 rings (SSSR count). The van der Waals surface area contributed by atoms with Gasteiger partial charge in [0.2, 0.25) is 0 Å². The Hall–Kier alpha value is -1.75. The smallest absolute Gasteiger partial charge is 0.0901 e. The lowest BCUT2D eigenvalue weighted by atomic mass is 10.1. The van der Waals surface area contributed by atoms with Crippen LogP contribution in [0.4, 0.5) is 0 Å². The lowest BCUT2D eigenvalue weighted by Crippen LogP contribution is -2.14. The first-order valence-electron chi connectivity index (χ1n) is 6.88. The molecule has 0 aliphatic heterocycles. The summed E-state index contributed by atoms with van der Waals surface area (Å²) in [4.78, 5) is 4.31. The molecule has 19 heavy (non-hydrogen) atoms. The Labute approximate surface area is 114 Å². The number of hydrogen-bond acceptors (Lipinski definition) is 4. The van der Waals surface area contributed by atoms with E-state index in [0.717, 1.165) is 43.7 Å². The molecule has 0 aliphatic rings. The molecule has 0 amide bonds. The topological polar surface area (TPSA) is 55.6 Å². The van der Waals surface area contributed by atoms with Crippen LogP contribution in [0.15, 0.2) is 24.7 Å². The quantitative estimate of drug-likeness (QED) is 0.775. The summed E-state index contributed by atoms with van der Waals surface area (Å²) in [6, 6.07) is 2.15. The fourth-order valence-corrected chi connectivity index (χ4v) is 1.99. The van der Waals surface area contributed by atoms with Crippen molar-refractivity contribution in [2.24, 2.45) is 0 Å². The van der Waals surface area contributed by atoms with Crippen molar-refractivity contribution in [2.75, 3.05) is 6.54 Å². The summed E-state index contributed by atoms with van der Waals surface area (Å²) >= 11 is 0. The van der Waals surface area contributed by atoms with Crippen molar-refractivity contribution >= 4 is 0 Å². The summed E-state index contributed by atoms with van der Waals surface area (Å²) in [6.45, 7) is 7.06. The highest BCUT2D eigenvalue weighted by Gasteiger charge is 2.07. The predicted octanol–water partition coefficient (Wildman–Crippen LogP) is 2.25. The van der Waals surface area contributed by atoms with E-state index in [1.54, 1.807) is 6.20 Å². The van der Waals surface area contributed by atoms with Gasteiger partial charge in [0.15, 0.2) is 0 Å². The van der Waals surface area contributed by atoms with Gasteiger partial charge in [-0.15, -0.1) is 5.10 Å². The zero-order valence-electron chi connectivity index (χ0n) is 11.6. The second-order valence-electron chi connectivity index (χ2n) is 4.60. The Morgan fingerprint density at radius 2 is 2.05 bits per heavy atom. The summed E-state index contributed by atoms with van der Waals surface area (Å²) < 4.78 is 1.93. The van der Waals surface area contributed by atoms with Crippen LogP contribution in [0.2, 0.25) is 0 Å². The molecule has 0 aromatic carbocycles. The molecule has 0 saturated carbocycles. The Morgan fingerprint density at radius 3 is 2.84 bits per heavy atom. The average Bonchev–Trinajstić information content (AvgIpc) is 2.88. The van der Waals surface area contributed by atoms with Gasteiger partial charge in [0.05, 0.1) is 11.9 Å². The number of nitrogens with one attached hydrogen (secondary N) is 1. The molecule has 0 spiro atoms. The van der Waals surface area contributed by atoms with Crippen molar-refractivity contribution in [1.82, 2.24) is 25.3 Å². The molecule has 0 atom stereocenters. The first-order valence-corrected chi connectivity index (χ1v) is 6.88. The summed E-state index contributed by atoms with van der Waals surface area (Å²) in [5.74, 6) is 0. The van der Waals surface area contributed by atoms with Crippen LogP contribution < -0.4 is 5.32 Å². The van der Waals surface area contributed by atoms with Gasteiger partial charge in [-0.25, -0.2) is 4.68 Å². The van der Waals surface area contributed by atoms with Gasteiger partial charge in [-0.05, 0) is 31.0 Å². The zero-order chi connectivity index (χ0) is 13.5. The molecule has 0 unspecified atom stereocenters. The first kappa shape index (κ1) is 13.7. The Kier molecular flexibility index (Phi) is 5.03. The predicted molar refractivity (Wildman–Crippen MR) is 75.5 cm³/mol. The lowest BCUT2D eigenvalue weighted by molar-refractivity contribution is 0.584. The highest BCUT2D eigenvalue weighted by Crippen LogP contribution is 2.18. The summed E-state index contributed by atoms with van der Waals surface area (Å²) in [6.07, 6.45) is 7.76. The third-order valence-electron chi connectivity index (χ3n) is 2.90. The molecule has 2 aromatic rings. The molecule has 0 aliphatic carbocycles. The second-order valence-corrected chi connectivity index (χ2v) is 4.60. The maximum absolute atomic E-state index is 4.31. The van der Waals surface area contributed by atoms with E-state index in [4.69, 9.17) is 0 Å². The van der Waals surface area contributed by atoms with Crippen molar-refractivity contribution in [3.63, 3.8) is 0 Å². The van der Waals surface area contributed by atoms with Crippen molar-refractivity contribution < 1.29 is 0 Å². The molecule has 0 bridgehead atoms. The van der Waals surface area contributed by atoms with Crippen LogP contribution in [0.1, 0.15) is 32.3 Å². The third kappa shape index (κ3) is 3.61. The number of aryl methyl sites for hydroxylation is 1. The molecule has 5 heteroatoms. The van der Waals surface area contributed by atoms with E-state index >= 15 is 0 Å².